The molecule has 0 unspecified atom stereocenters. The Morgan fingerprint density at radius 1 is 1.24 bits per heavy atom. The van der Waals surface area contributed by atoms with Gasteiger partial charge in [0.1, 0.15) is 17.7 Å². The van der Waals surface area contributed by atoms with Crippen LogP contribution in [-0.2, 0) is 4.74 Å². The molecule has 2 N–H and O–H groups in total. The average molecular weight is 392 g/mol. The highest BCUT2D eigenvalue weighted by Crippen LogP contribution is 2.33. The number of carbonyl (C=O) groups is 1. The van der Waals surface area contributed by atoms with E-state index < -0.39 is 6.09 Å². The summed E-state index contributed by atoms with van der Waals surface area (Å²) in [6.45, 7) is 3.40. The Hall–Kier alpha value is -3.35. The Kier molecular flexibility index (Phi) is 5.20. The van der Waals surface area contributed by atoms with E-state index in [1.54, 1.807) is 19.2 Å². The van der Waals surface area contributed by atoms with Crippen LogP contribution in [0.3, 0.4) is 0 Å². The number of alkyl carbamates (subject to hydrolysis) is 1. The summed E-state index contributed by atoms with van der Waals surface area (Å²) in [4.78, 5) is 23.3. The Balaban J connectivity index is 1.78. The maximum absolute atomic E-state index is 11.6. The van der Waals surface area contributed by atoms with Crippen molar-refractivity contribution in [2.75, 3.05) is 25.0 Å². The van der Waals surface area contributed by atoms with Gasteiger partial charge in [0.2, 0.25) is 0 Å². The number of fused-ring (bicyclic) bond motifs is 1. The van der Waals surface area contributed by atoms with Gasteiger partial charge in [0, 0.05) is 19.0 Å². The van der Waals surface area contributed by atoms with Crippen LogP contribution in [0.25, 0.3) is 22.3 Å². The molecule has 0 aliphatic carbocycles. The van der Waals surface area contributed by atoms with Crippen LogP contribution in [0.5, 0.6) is 5.75 Å². The topological polar surface area (TPSA) is 87.6 Å². The second-order valence-electron chi connectivity index (χ2n) is 7.27. The molecule has 1 aliphatic heterocycles. The Morgan fingerprint density at radius 2 is 2.07 bits per heavy atom. The number of piperidine rings is 1. The maximum atomic E-state index is 11.6. The fourth-order valence-corrected chi connectivity index (χ4v) is 3.68. The first-order valence-electron chi connectivity index (χ1n) is 9.75. The number of para-hydroxylation sites is 1. The number of anilines is 1. The largest absolute Gasteiger partial charge is 0.507 e. The van der Waals surface area contributed by atoms with Gasteiger partial charge in [0.25, 0.3) is 0 Å². The van der Waals surface area contributed by atoms with E-state index in [0.717, 1.165) is 41.7 Å². The van der Waals surface area contributed by atoms with E-state index in [9.17, 15) is 9.90 Å². The third-order valence-corrected chi connectivity index (χ3v) is 5.13. The van der Waals surface area contributed by atoms with Crippen LogP contribution in [0.1, 0.15) is 18.4 Å². The SMILES string of the molecule is CNC(=O)O[C@H]1CCCN(c2nc(-c3ccccc3O)nc3cc(C)ccc23)C1. The van der Waals surface area contributed by atoms with E-state index in [1.807, 2.05) is 37.3 Å². The summed E-state index contributed by atoms with van der Waals surface area (Å²) in [6, 6.07) is 13.2. The summed E-state index contributed by atoms with van der Waals surface area (Å²) >= 11 is 0. The minimum absolute atomic E-state index is 0.143. The third-order valence-electron chi connectivity index (χ3n) is 5.13. The number of aromatic hydroxyl groups is 1. The number of benzene rings is 2. The van der Waals surface area contributed by atoms with Crippen molar-refractivity contribution in [2.24, 2.45) is 0 Å². The molecule has 7 heteroatoms. The number of aryl methyl sites for hydroxylation is 1. The number of ether oxygens (including phenoxy) is 1. The second kappa shape index (κ2) is 7.95. The van der Waals surface area contributed by atoms with E-state index in [-0.39, 0.29) is 11.9 Å². The van der Waals surface area contributed by atoms with Crippen LogP contribution in [0.15, 0.2) is 42.5 Å². The van der Waals surface area contributed by atoms with Gasteiger partial charge in [-0.3, -0.25) is 0 Å². The first-order valence-corrected chi connectivity index (χ1v) is 9.75. The first kappa shape index (κ1) is 19.0. The van der Waals surface area contributed by atoms with Crippen molar-refractivity contribution in [3.05, 3.63) is 48.0 Å². The summed E-state index contributed by atoms with van der Waals surface area (Å²) in [7, 11) is 1.56. The van der Waals surface area contributed by atoms with Gasteiger partial charge < -0.3 is 20.1 Å². The molecule has 3 aromatic rings. The standard InChI is InChI=1S/C22H24N4O3/c1-14-9-10-16-18(12-14)24-20(17-7-3-4-8-19(17)27)25-21(16)26-11-5-6-15(13-26)29-22(28)23-2/h3-4,7-10,12,15,27H,5-6,11,13H2,1-2H3,(H,23,28)/t15-/m0/s1. The molecule has 1 fully saturated rings. The number of carbonyl (C=O) groups excluding carboxylic acids is 1. The van der Waals surface area contributed by atoms with Crippen molar-refractivity contribution in [1.82, 2.24) is 15.3 Å². The lowest BCUT2D eigenvalue weighted by Crippen LogP contribution is -2.42. The summed E-state index contributed by atoms with van der Waals surface area (Å²) < 4.78 is 5.48. The molecule has 1 amide bonds. The lowest BCUT2D eigenvalue weighted by Gasteiger charge is -2.33. The van der Waals surface area contributed by atoms with E-state index >= 15 is 0 Å². The smallest absolute Gasteiger partial charge is 0.407 e. The minimum Gasteiger partial charge on any atom is -0.507 e. The van der Waals surface area contributed by atoms with Crippen molar-refractivity contribution in [1.29, 1.82) is 0 Å². The van der Waals surface area contributed by atoms with Gasteiger partial charge in [-0.2, -0.15) is 0 Å². The Morgan fingerprint density at radius 3 is 2.86 bits per heavy atom. The zero-order valence-corrected chi connectivity index (χ0v) is 16.6. The van der Waals surface area contributed by atoms with Crippen molar-refractivity contribution in [3.63, 3.8) is 0 Å². The van der Waals surface area contributed by atoms with Crippen LogP contribution >= 0.6 is 0 Å². The lowest BCUT2D eigenvalue weighted by atomic mass is 10.1. The molecule has 1 aromatic heterocycles. The molecular formula is C22H24N4O3. The summed E-state index contributed by atoms with van der Waals surface area (Å²) in [5.74, 6) is 1.41. The van der Waals surface area contributed by atoms with Crippen molar-refractivity contribution in [3.8, 4) is 17.1 Å². The van der Waals surface area contributed by atoms with Gasteiger partial charge in [-0.05, 0) is 49.6 Å². The number of nitrogens with one attached hydrogen (secondary N) is 1. The molecular weight excluding hydrogens is 368 g/mol. The molecule has 0 saturated carbocycles. The summed E-state index contributed by atoms with van der Waals surface area (Å²) in [5.41, 5.74) is 2.51. The van der Waals surface area contributed by atoms with E-state index in [4.69, 9.17) is 14.7 Å². The third kappa shape index (κ3) is 3.94. The minimum atomic E-state index is -0.421. The summed E-state index contributed by atoms with van der Waals surface area (Å²) in [5, 5.41) is 13.7. The quantitative estimate of drug-likeness (QED) is 0.708. The fourth-order valence-electron chi connectivity index (χ4n) is 3.68. The number of rotatable bonds is 3. The molecule has 2 heterocycles. The molecule has 1 atom stereocenters. The second-order valence-corrected chi connectivity index (χ2v) is 7.27. The van der Waals surface area contributed by atoms with Gasteiger partial charge in [0.15, 0.2) is 5.82 Å². The van der Waals surface area contributed by atoms with Crippen molar-refractivity contribution in [2.45, 2.75) is 25.9 Å². The van der Waals surface area contributed by atoms with Gasteiger partial charge >= 0.3 is 6.09 Å². The molecule has 1 saturated heterocycles. The molecule has 2 aromatic carbocycles. The van der Waals surface area contributed by atoms with E-state index in [1.165, 1.54) is 0 Å². The first-order chi connectivity index (χ1) is 14.0. The Bertz CT molecular complexity index is 1050. The zero-order valence-electron chi connectivity index (χ0n) is 16.6. The highest BCUT2D eigenvalue weighted by atomic mass is 16.6. The highest BCUT2D eigenvalue weighted by Gasteiger charge is 2.26. The Labute approximate surface area is 169 Å². The average Bonchev–Trinajstić information content (AvgIpc) is 2.73. The van der Waals surface area contributed by atoms with Crippen LogP contribution in [0.2, 0.25) is 0 Å². The predicted molar refractivity (Wildman–Crippen MR) is 112 cm³/mol. The molecule has 0 bridgehead atoms. The number of nitrogens with zero attached hydrogens (tertiary/aromatic N) is 3. The molecule has 150 valence electrons. The molecule has 1 aliphatic rings. The maximum Gasteiger partial charge on any atom is 0.407 e. The number of phenolic OH excluding ortho intramolecular Hbond substituents is 1. The normalized spacial score (nSPS) is 16.6. The van der Waals surface area contributed by atoms with Crippen molar-refractivity contribution >= 4 is 22.8 Å². The van der Waals surface area contributed by atoms with Gasteiger partial charge in [-0.25, -0.2) is 14.8 Å². The number of phenols is 1. The molecule has 29 heavy (non-hydrogen) atoms. The zero-order chi connectivity index (χ0) is 20.4. The van der Waals surface area contributed by atoms with Crippen LogP contribution < -0.4 is 10.2 Å². The van der Waals surface area contributed by atoms with Crippen molar-refractivity contribution < 1.29 is 14.6 Å². The highest BCUT2D eigenvalue weighted by molar-refractivity contribution is 5.92. The van der Waals surface area contributed by atoms with Gasteiger partial charge in [0.05, 0.1) is 17.6 Å². The number of hydrogen-bond acceptors (Lipinski definition) is 6. The van der Waals surface area contributed by atoms with E-state index in [0.29, 0.717) is 17.9 Å². The van der Waals surface area contributed by atoms with Crippen LogP contribution in [0.4, 0.5) is 10.6 Å². The van der Waals surface area contributed by atoms with Crippen LogP contribution in [0, 0.1) is 6.92 Å². The number of amides is 1. The molecule has 0 radical (unpaired) electrons. The molecule has 4 rings (SSSR count). The summed E-state index contributed by atoms with van der Waals surface area (Å²) in [6.07, 6.45) is 1.09. The lowest BCUT2D eigenvalue weighted by molar-refractivity contribution is 0.0900. The predicted octanol–water partition coefficient (Wildman–Crippen LogP) is 3.64. The molecule has 0 spiro atoms. The number of aromatic nitrogens is 2. The molecule has 7 nitrogen and oxygen atoms in total. The number of hydrogen-bond donors (Lipinski definition) is 2. The van der Waals surface area contributed by atoms with E-state index in [2.05, 4.69) is 10.2 Å². The van der Waals surface area contributed by atoms with Crippen LogP contribution in [-0.4, -0.2) is 47.4 Å². The van der Waals surface area contributed by atoms with Gasteiger partial charge in [-0.15, -0.1) is 0 Å². The fraction of sp³-hybridized carbons (Fsp3) is 0.318. The van der Waals surface area contributed by atoms with Gasteiger partial charge in [-0.1, -0.05) is 18.2 Å². The monoisotopic (exact) mass is 392 g/mol.